The highest BCUT2D eigenvalue weighted by atomic mass is 32.1. The Kier molecular flexibility index (Phi) is 4.77. The molecule has 0 saturated carbocycles. The molecule has 7 heteroatoms. The SMILES string of the molecule is CCc1cccc(CC)c1Nc1nc(Nc2cc(C)[nH]n2)c2sccc2n1. The van der Waals surface area contributed by atoms with Crippen LogP contribution in [0, 0.1) is 6.92 Å². The third-order valence-electron chi connectivity index (χ3n) is 4.49. The minimum atomic E-state index is 0.589. The van der Waals surface area contributed by atoms with E-state index in [1.54, 1.807) is 11.3 Å². The highest BCUT2D eigenvalue weighted by Crippen LogP contribution is 2.31. The van der Waals surface area contributed by atoms with Gasteiger partial charge in [-0.15, -0.1) is 11.3 Å². The van der Waals surface area contributed by atoms with Crippen LogP contribution in [0.25, 0.3) is 10.2 Å². The normalized spacial score (nSPS) is 11.1. The Morgan fingerprint density at radius 1 is 1.04 bits per heavy atom. The molecule has 0 radical (unpaired) electrons. The van der Waals surface area contributed by atoms with E-state index in [0.717, 1.165) is 46.1 Å². The lowest BCUT2D eigenvalue weighted by atomic mass is 10.0. The average Bonchev–Trinajstić information content (AvgIpc) is 3.30. The summed E-state index contributed by atoms with van der Waals surface area (Å²) in [5.74, 6) is 2.09. The van der Waals surface area contributed by atoms with E-state index in [1.165, 1.54) is 11.1 Å². The maximum atomic E-state index is 4.75. The van der Waals surface area contributed by atoms with Crippen LogP contribution in [0.1, 0.15) is 30.7 Å². The first kappa shape index (κ1) is 17.5. The molecule has 0 spiro atoms. The minimum absolute atomic E-state index is 0.589. The molecular formula is C20H22N6S. The lowest BCUT2D eigenvalue weighted by molar-refractivity contribution is 1.05. The van der Waals surface area contributed by atoms with Gasteiger partial charge >= 0.3 is 0 Å². The Labute approximate surface area is 162 Å². The number of fused-ring (bicyclic) bond motifs is 1. The molecule has 3 aromatic heterocycles. The van der Waals surface area contributed by atoms with Crippen molar-refractivity contribution in [3.63, 3.8) is 0 Å². The molecule has 3 heterocycles. The van der Waals surface area contributed by atoms with Gasteiger partial charge in [-0.25, -0.2) is 4.98 Å². The molecule has 0 fully saturated rings. The lowest BCUT2D eigenvalue weighted by Gasteiger charge is -2.15. The van der Waals surface area contributed by atoms with E-state index in [4.69, 9.17) is 9.97 Å². The third-order valence-corrected chi connectivity index (χ3v) is 5.40. The van der Waals surface area contributed by atoms with E-state index in [2.05, 4.69) is 52.9 Å². The van der Waals surface area contributed by atoms with Crippen molar-refractivity contribution in [3.8, 4) is 0 Å². The van der Waals surface area contributed by atoms with Gasteiger partial charge < -0.3 is 10.6 Å². The molecule has 6 nitrogen and oxygen atoms in total. The van der Waals surface area contributed by atoms with E-state index >= 15 is 0 Å². The molecule has 0 bridgehead atoms. The summed E-state index contributed by atoms with van der Waals surface area (Å²) in [5, 5.41) is 16.0. The van der Waals surface area contributed by atoms with Crippen molar-refractivity contribution in [1.29, 1.82) is 0 Å². The molecule has 0 saturated heterocycles. The van der Waals surface area contributed by atoms with E-state index in [-0.39, 0.29) is 0 Å². The standard InChI is InChI=1S/C20H22N6S/c1-4-13-7-6-8-14(5-2)17(13)23-20-21-15-9-10-27-18(15)19(24-20)22-16-11-12(3)25-26-16/h6-11H,4-5H2,1-3H3,(H3,21,22,23,24,25,26). The third kappa shape index (κ3) is 3.50. The van der Waals surface area contributed by atoms with Crippen LogP contribution in [0.2, 0.25) is 0 Å². The van der Waals surface area contributed by atoms with Gasteiger partial charge in [0.1, 0.15) is 0 Å². The fraction of sp³-hybridized carbons (Fsp3) is 0.250. The highest BCUT2D eigenvalue weighted by Gasteiger charge is 2.13. The first-order chi connectivity index (χ1) is 13.2. The Hall–Kier alpha value is -2.93. The van der Waals surface area contributed by atoms with Gasteiger partial charge in [0.15, 0.2) is 11.6 Å². The van der Waals surface area contributed by atoms with Crippen molar-refractivity contribution in [2.24, 2.45) is 0 Å². The zero-order valence-corrected chi connectivity index (χ0v) is 16.4. The van der Waals surface area contributed by atoms with E-state index in [9.17, 15) is 0 Å². The van der Waals surface area contributed by atoms with Crippen LogP contribution in [0.15, 0.2) is 35.7 Å². The number of rotatable bonds is 6. The fourth-order valence-corrected chi connectivity index (χ4v) is 3.90. The second-order valence-corrected chi connectivity index (χ2v) is 7.29. The van der Waals surface area contributed by atoms with Gasteiger partial charge in [0.05, 0.1) is 10.2 Å². The van der Waals surface area contributed by atoms with Gasteiger partial charge in [-0.1, -0.05) is 32.0 Å². The number of aromatic amines is 1. The van der Waals surface area contributed by atoms with Crippen molar-refractivity contribution in [2.45, 2.75) is 33.6 Å². The predicted octanol–water partition coefficient (Wildman–Crippen LogP) is 5.33. The highest BCUT2D eigenvalue weighted by molar-refractivity contribution is 7.17. The molecular weight excluding hydrogens is 356 g/mol. The zero-order valence-electron chi connectivity index (χ0n) is 15.6. The fourth-order valence-electron chi connectivity index (χ4n) is 3.12. The molecule has 0 amide bonds. The molecule has 0 unspecified atom stereocenters. The van der Waals surface area contributed by atoms with Crippen LogP contribution in [0.4, 0.5) is 23.3 Å². The Morgan fingerprint density at radius 3 is 2.48 bits per heavy atom. The summed E-state index contributed by atoms with van der Waals surface area (Å²) in [5.41, 5.74) is 5.55. The molecule has 138 valence electrons. The van der Waals surface area contributed by atoms with Gasteiger partial charge in [0, 0.05) is 17.4 Å². The predicted molar refractivity (Wildman–Crippen MR) is 113 cm³/mol. The van der Waals surface area contributed by atoms with Gasteiger partial charge in [-0.05, 0) is 42.3 Å². The van der Waals surface area contributed by atoms with Crippen molar-refractivity contribution < 1.29 is 0 Å². The molecule has 27 heavy (non-hydrogen) atoms. The maximum Gasteiger partial charge on any atom is 0.229 e. The monoisotopic (exact) mass is 378 g/mol. The van der Waals surface area contributed by atoms with Crippen molar-refractivity contribution in [1.82, 2.24) is 20.2 Å². The van der Waals surface area contributed by atoms with Crippen LogP contribution < -0.4 is 10.6 Å². The molecule has 4 rings (SSSR count). The number of aromatic nitrogens is 4. The molecule has 0 aliphatic rings. The number of anilines is 4. The number of hydrogen-bond donors (Lipinski definition) is 3. The zero-order chi connectivity index (χ0) is 18.8. The molecule has 0 aliphatic heterocycles. The minimum Gasteiger partial charge on any atom is -0.324 e. The number of nitrogens with one attached hydrogen (secondary N) is 3. The summed E-state index contributed by atoms with van der Waals surface area (Å²) in [4.78, 5) is 9.46. The number of hydrogen-bond acceptors (Lipinski definition) is 6. The van der Waals surface area contributed by atoms with Crippen molar-refractivity contribution in [3.05, 3.63) is 52.5 Å². The summed E-state index contributed by atoms with van der Waals surface area (Å²) in [6, 6.07) is 10.4. The number of H-pyrrole nitrogens is 1. The van der Waals surface area contributed by atoms with E-state index in [1.807, 2.05) is 24.4 Å². The lowest BCUT2D eigenvalue weighted by Crippen LogP contribution is -2.05. The van der Waals surface area contributed by atoms with Crippen LogP contribution >= 0.6 is 11.3 Å². The quantitative estimate of drug-likeness (QED) is 0.422. The Balaban J connectivity index is 1.75. The molecule has 1 aromatic carbocycles. The smallest absolute Gasteiger partial charge is 0.229 e. The number of nitrogens with zero attached hydrogens (tertiary/aromatic N) is 3. The largest absolute Gasteiger partial charge is 0.324 e. The van der Waals surface area contributed by atoms with Crippen LogP contribution in [0.5, 0.6) is 0 Å². The number of para-hydroxylation sites is 1. The van der Waals surface area contributed by atoms with Crippen molar-refractivity contribution >= 4 is 44.8 Å². The van der Waals surface area contributed by atoms with Crippen LogP contribution in [0.3, 0.4) is 0 Å². The van der Waals surface area contributed by atoms with E-state index < -0.39 is 0 Å². The number of aryl methyl sites for hydroxylation is 3. The molecule has 3 N–H and O–H groups in total. The second kappa shape index (κ2) is 7.36. The summed E-state index contributed by atoms with van der Waals surface area (Å²) >= 11 is 1.62. The molecule has 0 aliphatic carbocycles. The first-order valence-electron chi connectivity index (χ1n) is 9.10. The van der Waals surface area contributed by atoms with Crippen LogP contribution in [-0.4, -0.2) is 20.2 Å². The van der Waals surface area contributed by atoms with Gasteiger partial charge in [-0.2, -0.15) is 10.1 Å². The van der Waals surface area contributed by atoms with Crippen LogP contribution in [-0.2, 0) is 12.8 Å². The molecule has 0 atom stereocenters. The average molecular weight is 379 g/mol. The maximum absolute atomic E-state index is 4.75. The Morgan fingerprint density at radius 2 is 1.81 bits per heavy atom. The van der Waals surface area contributed by atoms with Gasteiger partial charge in [0.25, 0.3) is 0 Å². The van der Waals surface area contributed by atoms with E-state index in [0.29, 0.717) is 5.95 Å². The molecule has 4 aromatic rings. The van der Waals surface area contributed by atoms with Gasteiger partial charge in [-0.3, -0.25) is 5.10 Å². The number of thiophene rings is 1. The first-order valence-corrected chi connectivity index (χ1v) is 9.98. The van der Waals surface area contributed by atoms with Crippen molar-refractivity contribution in [2.75, 3.05) is 10.6 Å². The topological polar surface area (TPSA) is 78.5 Å². The van der Waals surface area contributed by atoms with Gasteiger partial charge in [0.2, 0.25) is 5.95 Å². The second-order valence-electron chi connectivity index (χ2n) is 6.38. The Bertz CT molecular complexity index is 1060. The summed E-state index contributed by atoms with van der Waals surface area (Å²) in [7, 11) is 0. The summed E-state index contributed by atoms with van der Waals surface area (Å²) in [6.45, 7) is 6.30. The summed E-state index contributed by atoms with van der Waals surface area (Å²) in [6.07, 6.45) is 1.91. The summed E-state index contributed by atoms with van der Waals surface area (Å²) < 4.78 is 1.01. The number of benzene rings is 1.